The average molecular weight is 419 g/mol. The van der Waals surface area contributed by atoms with Gasteiger partial charge < -0.3 is 19.9 Å². The maximum absolute atomic E-state index is 11.1. The van der Waals surface area contributed by atoms with Crippen LogP contribution in [0.2, 0.25) is 0 Å². The number of ether oxygens (including phenoxy) is 2. The van der Waals surface area contributed by atoms with E-state index in [1.54, 1.807) is 7.11 Å². The van der Waals surface area contributed by atoms with E-state index in [9.17, 15) is 4.79 Å². The number of carbonyl (C=O) groups is 1. The predicted molar refractivity (Wildman–Crippen MR) is 120 cm³/mol. The van der Waals surface area contributed by atoms with E-state index < -0.39 is 6.61 Å². The molecule has 0 aliphatic carbocycles. The van der Waals surface area contributed by atoms with Gasteiger partial charge in [0.2, 0.25) is 0 Å². The summed E-state index contributed by atoms with van der Waals surface area (Å²) in [5.41, 5.74) is 2.32. The van der Waals surface area contributed by atoms with E-state index in [-0.39, 0.29) is 5.78 Å². The van der Waals surface area contributed by atoms with Gasteiger partial charge in [0.1, 0.15) is 18.8 Å². The second-order valence-corrected chi connectivity index (χ2v) is 6.95. The van der Waals surface area contributed by atoms with Crippen LogP contribution in [0.1, 0.15) is 31.2 Å². The van der Waals surface area contributed by atoms with Crippen LogP contribution in [0.3, 0.4) is 0 Å². The number of carbonyl (C=O) groups excluding carboxylic acids is 1. The second kappa shape index (κ2) is 11.0. The predicted octanol–water partition coefficient (Wildman–Crippen LogP) is 3.86. The number of nitrogens with zero attached hydrogens (tertiary/aromatic N) is 2. The third-order valence-electron chi connectivity index (χ3n) is 4.75. The van der Waals surface area contributed by atoms with Gasteiger partial charge >= 0.3 is 0 Å². The first-order valence-electron chi connectivity index (χ1n) is 10.1. The summed E-state index contributed by atoms with van der Waals surface area (Å²) < 4.78 is 11.4. The van der Waals surface area contributed by atoms with E-state index in [1.165, 1.54) is 6.33 Å². The van der Waals surface area contributed by atoms with Crippen molar-refractivity contribution < 1.29 is 19.4 Å². The summed E-state index contributed by atoms with van der Waals surface area (Å²) in [4.78, 5) is 19.8. The lowest BCUT2D eigenvalue weighted by molar-refractivity contribution is -0.121. The zero-order chi connectivity index (χ0) is 22.1. The van der Waals surface area contributed by atoms with Gasteiger partial charge in [-0.2, -0.15) is 0 Å². The fraction of sp³-hybridized carbons (Fsp3) is 0.292. The highest BCUT2D eigenvalue weighted by Crippen LogP contribution is 2.34. The third kappa shape index (κ3) is 5.93. The van der Waals surface area contributed by atoms with Crippen molar-refractivity contribution in [3.8, 4) is 23.8 Å². The normalized spacial score (nSPS) is 10.5. The van der Waals surface area contributed by atoms with Crippen molar-refractivity contribution >= 4 is 28.2 Å². The molecule has 7 nitrogen and oxygen atoms in total. The molecule has 0 radical (unpaired) electrons. The molecule has 0 fully saturated rings. The Morgan fingerprint density at radius 1 is 1.16 bits per heavy atom. The fourth-order valence-electron chi connectivity index (χ4n) is 3.12. The second-order valence-electron chi connectivity index (χ2n) is 6.95. The quantitative estimate of drug-likeness (QED) is 0.360. The van der Waals surface area contributed by atoms with Crippen LogP contribution in [0.25, 0.3) is 10.9 Å². The molecule has 3 rings (SSSR count). The first kappa shape index (κ1) is 22.1. The molecular weight excluding hydrogens is 394 g/mol. The zero-order valence-corrected chi connectivity index (χ0v) is 17.4. The molecule has 0 bridgehead atoms. The van der Waals surface area contributed by atoms with E-state index in [0.717, 1.165) is 41.4 Å². The van der Waals surface area contributed by atoms with Gasteiger partial charge in [0.05, 0.1) is 19.2 Å². The number of fused-ring (bicyclic) bond motifs is 1. The molecule has 7 heteroatoms. The minimum absolute atomic E-state index is 0.132. The number of hydrogen-bond donors (Lipinski definition) is 2. The van der Waals surface area contributed by atoms with Crippen molar-refractivity contribution in [2.45, 2.75) is 25.7 Å². The van der Waals surface area contributed by atoms with E-state index in [0.29, 0.717) is 30.3 Å². The van der Waals surface area contributed by atoms with Crippen LogP contribution in [0.15, 0.2) is 42.7 Å². The summed E-state index contributed by atoms with van der Waals surface area (Å²) in [5.74, 6) is 4.30. The minimum Gasteiger partial charge on any atom is -0.493 e. The van der Waals surface area contributed by atoms with E-state index in [2.05, 4.69) is 21.2 Å². The molecule has 0 unspecified atom stereocenters. The number of nitrogens with one attached hydrogen (secondary N) is 1. The SMILES string of the molecule is C#Cc1cccc(Nc2ncnc3cc(OCCCCCC(=O)CO)c(OC)cc23)c1. The summed E-state index contributed by atoms with van der Waals surface area (Å²) in [5, 5.41) is 12.8. The van der Waals surface area contributed by atoms with Gasteiger partial charge in [0.15, 0.2) is 17.3 Å². The van der Waals surface area contributed by atoms with Gasteiger partial charge in [-0.1, -0.05) is 12.0 Å². The molecule has 160 valence electrons. The van der Waals surface area contributed by atoms with Crippen LogP contribution in [0, 0.1) is 12.3 Å². The highest BCUT2D eigenvalue weighted by atomic mass is 16.5. The Morgan fingerprint density at radius 2 is 2.03 bits per heavy atom. The number of aliphatic hydroxyl groups is 1. The summed E-state index contributed by atoms with van der Waals surface area (Å²) in [6.45, 7) is 0.100. The van der Waals surface area contributed by atoms with Gasteiger partial charge in [-0.3, -0.25) is 4.79 Å². The average Bonchev–Trinajstić information content (AvgIpc) is 2.80. The lowest BCUT2D eigenvalue weighted by Gasteiger charge is -2.14. The molecule has 31 heavy (non-hydrogen) atoms. The number of aliphatic hydroxyl groups excluding tert-OH is 1. The lowest BCUT2D eigenvalue weighted by Crippen LogP contribution is -2.04. The number of unbranched alkanes of at least 4 members (excludes halogenated alkanes) is 2. The molecule has 1 aromatic heterocycles. The summed E-state index contributed by atoms with van der Waals surface area (Å²) in [7, 11) is 1.59. The molecule has 0 spiro atoms. The molecule has 2 N–H and O–H groups in total. The van der Waals surface area contributed by atoms with Gasteiger partial charge in [-0.15, -0.1) is 6.42 Å². The Kier molecular flexibility index (Phi) is 7.79. The molecule has 0 aliphatic heterocycles. The van der Waals surface area contributed by atoms with E-state index in [1.807, 2.05) is 36.4 Å². The number of hydrogen-bond acceptors (Lipinski definition) is 7. The fourth-order valence-corrected chi connectivity index (χ4v) is 3.12. The number of terminal acetylenes is 1. The monoisotopic (exact) mass is 419 g/mol. The van der Waals surface area contributed by atoms with Crippen LogP contribution in [-0.4, -0.2) is 41.2 Å². The van der Waals surface area contributed by atoms with Gasteiger partial charge in [-0.25, -0.2) is 9.97 Å². The van der Waals surface area contributed by atoms with Crippen molar-refractivity contribution in [3.63, 3.8) is 0 Å². The van der Waals surface area contributed by atoms with Gasteiger partial charge in [-0.05, 0) is 43.5 Å². The van der Waals surface area contributed by atoms with Crippen LogP contribution in [-0.2, 0) is 4.79 Å². The number of ketones is 1. The summed E-state index contributed by atoms with van der Waals surface area (Å²) in [6, 6.07) is 11.2. The number of anilines is 2. The Morgan fingerprint density at radius 3 is 2.81 bits per heavy atom. The number of Topliss-reactive ketones (excluding diaryl/α,β-unsaturated/α-hetero) is 1. The first-order chi connectivity index (χ1) is 15.1. The topological polar surface area (TPSA) is 93.6 Å². The molecule has 2 aromatic carbocycles. The standard InChI is InChI=1S/C24H25N3O4/c1-3-17-8-7-9-18(12-17)27-24-20-13-22(30-2)23(14-21(20)25-16-26-24)31-11-6-4-5-10-19(29)15-28/h1,7-9,12-14,16,28H,4-6,10-11,15H2,2H3,(H,25,26,27). The van der Waals surface area contributed by atoms with Crippen LogP contribution in [0.4, 0.5) is 11.5 Å². The maximum atomic E-state index is 11.1. The first-order valence-corrected chi connectivity index (χ1v) is 10.1. The largest absolute Gasteiger partial charge is 0.493 e. The van der Waals surface area contributed by atoms with E-state index in [4.69, 9.17) is 21.0 Å². The lowest BCUT2D eigenvalue weighted by atomic mass is 10.1. The summed E-state index contributed by atoms with van der Waals surface area (Å²) in [6.07, 6.45) is 9.74. The van der Waals surface area contributed by atoms with Crippen LogP contribution in [0.5, 0.6) is 11.5 Å². The molecule has 0 saturated heterocycles. The summed E-state index contributed by atoms with van der Waals surface area (Å²) >= 11 is 0. The van der Waals surface area contributed by atoms with Crippen molar-refractivity contribution in [1.82, 2.24) is 9.97 Å². The minimum atomic E-state index is -0.390. The van der Waals surface area contributed by atoms with Gasteiger partial charge in [0.25, 0.3) is 0 Å². The molecule has 0 aliphatic rings. The van der Waals surface area contributed by atoms with Crippen molar-refractivity contribution in [3.05, 3.63) is 48.3 Å². The van der Waals surface area contributed by atoms with Crippen molar-refractivity contribution in [2.24, 2.45) is 0 Å². The number of methoxy groups -OCH3 is 1. The van der Waals surface area contributed by atoms with Crippen molar-refractivity contribution in [1.29, 1.82) is 0 Å². The third-order valence-corrected chi connectivity index (χ3v) is 4.75. The molecule has 0 saturated carbocycles. The van der Waals surface area contributed by atoms with E-state index >= 15 is 0 Å². The maximum Gasteiger partial charge on any atom is 0.163 e. The smallest absolute Gasteiger partial charge is 0.163 e. The highest BCUT2D eigenvalue weighted by Gasteiger charge is 2.12. The highest BCUT2D eigenvalue weighted by molar-refractivity contribution is 5.93. The number of aromatic nitrogens is 2. The number of benzene rings is 2. The van der Waals surface area contributed by atoms with Crippen molar-refractivity contribution in [2.75, 3.05) is 25.6 Å². The Balaban J connectivity index is 1.72. The molecule has 1 heterocycles. The van der Waals surface area contributed by atoms with Gasteiger partial charge in [0, 0.05) is 29.1 Å². The number of rotatable bonds is 11. The molecule has 3 aromatic rings. The zero-order valence-electron chi connectivity index (χ0n) is 17.4. The Labute approximate surface area is 181 Å². The Hall–Kier alpha value is -3.63. The molecular formula is C24H25N3O4. The molecule has 0 atom stereocenters. The Bertz CT molecular complexity index is 1090. The molecule has 0 amide bonds. The van der Waals surface area contributed by atoms with Crippen LogP contribution < -0.4 is 14.8 Å². The van der Waals surface area contributed by atoms with Crippen LogP contribution >= 0.6 is 0 Å².